The van der Waals surface area contributed by atoms with Crippen LogP contribution in [-0.2, 0) is 32.5 Å². The molecule has 4 heterocycles. The quantitative estimate of drug-likeness (QED) is 0.218. The number of rotatable bonds is 7. The Kier molecular flexibility index (Phi) is 10.6. The first-order valence-corrected chi connectivity index (χ1v) is 17.7. The molecule has 2 amide bonds. The van der Waals surface area contributed by atoms with Crippen LogP contribution in [0.2, 0.25) is 0 Å². The van der Waals surface area contributed by atoms with Crippen LogP contribution in [0.4, 0.5) is 29.3 Å². The standard InChI is InChI=1S/C32H33N5O7S.C2HF3O2/c1-35-25-16-33-29-26(24(25)18-37(32(35)41)22-10-8-21(9-11-22)30(38)39)27(31(40)44-2)28(34-29)20-6-4-19(5-7-20)17-36-14-12-23(13-15-36)45(3,42)43;3-2(4,5)1(6)7/h4-11,16,23H,12-15,17-18H2,1-3H3,(H,33,34)(H,38,39);(H,6,7). The highest BCUT2D eigenvalue weighted by atomic mass is 32.2. The second kappa shape index (κ2) is 14.6. The number of methoxy groups -OCH3 is 1. The maximum atomic E-state index is 13.4. The van der Waals surface area contributed by atoms with Crippen molar-refractivity contribution in [1.82, 2.24) is 14.9 Å². The number of urea groups is 1. The highest BCUT2D eigenvalue weighted by Crippen LogP contribution is 2.40. The second-order valence-corrected chi connectivity index (χ2v) is 14.6. The number of alkyl halides is 3. The normalized spacial score (nSPS) is 15.5. The van der Waals surface area contributed by atoms with Gasteiger partial charge < -0.3 is 19.9 Å². The van der Waals surface area contributed by atoms with E-state index in [0.717, 1.165) is 11.1 Å². The molecule has 0 spiro atoms. The number of likely N-dealkylation sites (tertiary alicyclic amines) is 1. The van der Waals surface area contributed by atoms with Crippen LogP contribution >= 0.6 is 0 Å². The first-order valence-electron chi connectivity index (χ1n) is 15.7. The summed E-state index contributed by atoms with van der Waals surface area (Å²) in [6, 6.07) is 13.6. The first kappa shape index (κ1) is 37.8. The zero-order chi connectivity index (χ0) is 38.1. The van der Waals surface area contributed by atoms with Crippen LogP contribution in [0.5, 0.6) is 0 Å². The molecular weight excluding hydrogens is 711 g/mol. The summed E-state index contributed by atoms with van der Waals surface area (Å²) in [5.74, 6) is -4.37. The molecule has 1 fully saturated rings. The van der Waals surface area contributed by atoms with Crippen LogP contribution < -0.4 is 9.80 Å². The van der Waals surface area contributed by atoms with E-state index < -0.39 is 33.9 Å². The number of benzene rings is 2. The number of esters is 1. The fourth-order valence-corrected chi connectivity index (χ4v) is 7.27. The molecule has 276 valence electrons. The second-order valence-electron chi connectivity index (χ2n) is 12.3. The van der Waals surface area contributed by atoms with Gasteiger partial charge in [-0.25, -0.2) is 32.6 Å². The van der Waals surface area contributed by atoms with Gasteiger partial charge in [-0.3, -0.25) is 14.7 Å². The maximum Gasteiger partial charge on any atom is 0.490 e. The minimum Gasteiger partial charge on any atom is -0.478 e. The third kappa shape index (κ3) is 7.86. The Morgan fingerprint density at radius 2 is 1.62 bits per heavy atom. The molecule has 3 N–H and O–H groups in total. The molecule has 52 heavy (non-hydrogen) atoms. The van der Waals surface area contributed by atoms with Crippen LogP contribution in [-0.4, -0.2) is 102 Å². The number of anilines is 2. The monoisotopic (exact) mass is 745 g/mol. The molecule has 0 atom stereocenters. The highest BCUT2D eigenvalue weighted by Gasteiger charge is 2.38. The molecule has 0 radical (unpaired) electrons. The van der Waals surface area contributed by atoms with E-state index in [1.165, 1.54) is 35.3 Å². The Hall–Kier alpha value is -5.49. The molecule has 4 aromatic rings. The van der Waals surface area contributed by atoms with E-state index in [4.69, 9.17) is 14.6 Å². The number of piperidine rings is 1. The predicted octanol–water partition coefficient (Wildman–Crippen LogP) is 4.93. The third-order valence-corrected chi connectivity index (χ3v) is 10.6. The summed E-state index contributed by atoms with van der Waals surface area (Å²) < 4.78 is 60.8. The topological polar surface area (TPSA) is 191 Å². The number of hydrogen-bond acceptors (Lipinski definition) is 9. The molecule has 0 bridgehead atoms. The number of sulfone groups is 1. The number of H-pyrrole nitrogens is 1. The molecule has 2 aromatic carbocycles. The van der Waals surface area contributed by atoms with Gasteiger partial charge in [0.25, 0.3) is 0 Å². The molecule has 2 aliphatic heterocycles. The van der Waals surface area contributed by atoms with E-state index in [-0.39, 0.29) is 23.4 Å². The lowest BCUT2D eigenvalue weighted by molar-refractivity contribution is -0.192. The van der Waals surface area contributed by atoms with Gasteiger partial charge in [0, 0.05) is 36.5 Å². The molecule has 6 rings (SSSR count). The Balaban J connectivity index is 0.000000679. The van der Waals surface area contributed by atoms with E-state index in [9.17, 15) is 41.1 Å². The molecular formula is C34H34F3N5O9S. The minimum atomic E-state index is -5.08. The fourth-order valence-electron chi connectivity index (χ4n) is 6.21. The summed E-state index contributed by atoms with van der Waals surface area (Å²) in [4.78, 5) is 60.0. The number of carbonyl (C=O) groups is 4. The van der Waals surface area contributed by atoms with Crippen molar-refractivity contribution in [3.63, 3.8) is 0 Å². The lowest BCUT2D eigenvalue weighted by Gasteiger charge is -2.35. The number of carboxylic acid groups (broad SMARTS) is 2. The summed E-state index contributed by atoms with van der Waals surface area (Å²) in [6.45, 7) is 2.23. The van der Waals surface area contributed by atoms with Gasteiger partial charge in [-0.1, -0.05) is 24.3 Å². The number of aromatic carboxylic acids is 1. The van der Waals surface area contributed by atoms with Crippen molar-refractivity contribution in [2.75, 3.05) is 43.3 Å². The molecule has 18 heteroatoms. The van der Waals surface area contributed by atoms with Crippen molar-refractivity contribution in [2.45, 2.75) is 37.4 Å². The SMILES string of the molecule is COC(=O)c1c(-c2ccc(CN3CCC(S(C)(=O)=O)CC3)cc2)[nH]c2ncc3c(c12)CN(c1ccc(C(=O)O)cc1)C(=O)N3C.O=C(O)C(F)(F)F. The number of amides is 2. The summed E-state index contributed by atoms with van der Waals surface area (Å²) in [5.41, 5.74) is 4.99. The van der Waals surface area contributed by atoms with Crippen molar-refractivity contribution < 1.29 is 55.7 Å². The zero-order valence-corrected chi connectivity index (χ0v) is 28.9. The van der Waals surface area contributed by atoms with Gasteiger partial charge in [-0.05, 0) is 61.3 Å². The van der Waals surface area contributed by atoms with Crippen molar-refractivity contribution in [3.8, 4) is 11.3 Å². The van der Waals surface area contributed by atoms with Gasteiger partial charge in [-0.15, -0.1) is 0 Å². The molecule has 0 aliphatic carbocycles. The van der Waals surface area contributed by atoms with Gasteiger partial charge >= 0.3 is 30.1 Å². The van der Waals surface area contributed by atoms with E-state index in [1.54, 1.807) is 25.4 Å². The lowest BCUT2D eigenvalue weighted by Crippen LogP contribution is -2.45. The molecule has 2 aromatic heterocycles. The average molecular weight is 746 g/mol. The van der Waals surface area contributed by atoms with Crippen LogP contribution in [0, 0.1) is 0 Å². The molecule has 0 saturated carbocycles. The first-order chi connectivity index (χ1) is 24.4. The number of pyridine rings is 1. The molecule has 2 aliphatic rings. The number of halogens is 3. The number of ether oxygens (including phenoxy) is 1. The number of aromatic amines is 1. The van der Waals surface area contributed by atoms with Crippen molar-refractivity contribution in [1.29, 1.82) is 0 Å². The van der Waals surface area contributed by atoms with E-state index >= 15 is 0 Å². The van der Waals surface area contributed by atoms with Crippen LogP contribution in [0.3, 0.4) is 0 Å². The Morgan fingerprint density at radius 3 is 2.13 bits per heavy atom. The average Bonchev–Trinajstić information content (AvgIpc) is 3.49. The van der Waals surface area contributed by atoms with Gasteiger partial charge in [0.05, 0.1) is 47.6 Å². The van der Waals surface area contributed by atoms with Gasteiger partial charge in [-0.2, -0.15) is 13.2 Å². The van der Waals surface area contributed by atoms with Gasteiger partial charge in [0.1, 0.15) is 15.5 Å². The number of nitrogens with zero attached hydrogens (tertiary/aromatic N) is 4. The number of carboxylic acids is 2. The van der Waals surface area contributed by atoms with E-state index in [2.05, 4.69) is 14.9 Å². The van der Waals surface area contributed by atoms with Crippen molar-refractivity contribution >= 4 is 56.2 Å². The number of carbonyl (C=O) groups excluding carboxylic acids is 2. The summed E-state index contributed by atoms with van der Waals surface area (Å²) >= 11 is 0. The smallest absolute Gasteiger partial charge is 0.478 e. The third-order valence-electron chi connectivity index (χ3n) is 8.95. The number of fused-ring (bicyclic) bond motifs is 3. The largest absolute Gasteiger partial charge is 0.490 e. The predicted molar refractivity (Wildman–Crippen MR) is 183 cm³/mol. The van der Waals surface area contributed by atoms with Gasteiger partial charge in [0.2, 0.25) is 0 Å². The zero-order valence-electron chi connectivity index (χ0n) is 28.1. The summed E-state index contributed by atoms with van der Waals surface area (Å²) in [5, 5.41) is 16.7. The summed E-state index contributed by atoms with van der Waals surface area (Å²) in [7, 11) is -0.0905. The maximum absolute atomic E-state index is 13.4. The minimum absolute atomic E-state index is 0.106. The van der Waals surface area contributed by atoms with Crippen LogP contribution in [0.25, 0.3) is 22.3 Å². The fraction of sp³-hybridized carbons (Fsp3) is 0.324. The number of hydrogen-bond donors (Lipinski definition) is 3. The van der Waals surface area contributed by atoms with Crippen molar-refractivity contribution in [2.24, 2.45) is 0 Å². The molecule has 0 unspecified atom stereocenters. The highest BCUT2D eigenvalue weighted by molar-refractivity contribution is 7.91. The Bertz CT molecular complexity index is 2130. The number of aliphatic carboxylic acids is 1. The van der Waals surface area contributed by atoms with Gasteiger partial charge in [0.15, 0.2) is 0 Å². The molecule has 1 saturated heterocycles. The Morgan fingerprint density at radius 1 is 1.02 bits per heavy atom. The molecule has 14 nitrogen and oxygen atoms in total. The van der Waals surface area contributed by atoms with Crippen LogP contribution in [0.15, 0.2) is 54.7 Å². The summed E-state index contributed by atoms with van der Waals surface area (Å²) in [6.07, 6.45) is -0.938. The number of aromatic nitrogens is 2. The lowest BCUT2D eigenvalue weighted by atomic mass is 9.99. The van der Waals surface area contributed by atoms with E-state index in [0.29, 0.717) is 71.7 Å². The number of nitrogens with one attached hydrogen (secondary N) is 1. The van der Waals surface area contributed by atoms with Crippen LogP contribution in [0.1, 0.15) is 44.7 Å². The van der Waals surface area contributed by atoms with E-state index in [1.807, 2.05) is 24.3 Å². The Labute approximate surface area is 295 Å². The van der Waals surface area contributed by atoms with Crippen molar-refractivity contribution in [3.05, 3.63) is 77.0 Å².